The van der Waals surface area contributed by atoms with E-state index in [0.29, 0.717) is 29.0 Å². The summed E-state index contributed by atoms with van der Waals surface area (Å²) in [5.41, 5.74) is 2.59. The van der Waals surface area contributed by atoms with Crippen LogP contribution in [0.25, 0.3) is 0 Å². The predicted octanol–water partition coefficient (Wildman–Crippen LogP) is 3.72. The molecule has 0 bridgehead atoms. The zero-order valence-corrected chi connectivity index (χ0v) is 19.7. The maximum Gasteiger partial charge on any atom is 0.293 e. The van der Waals surface area contributed by atoms with Crippen LogP contribution in [0.4, 0.5) is 10.1 Å². The lowest BCUT2D eigenvalue weighted by Gasteiger charge is -2.36. The van der Waals surface area contributed by atoms with Gasteiger partial charge in [0, 0.05) is 12.2 Å². The summed E-state index contributed by atoms with van der Waals surface area (Å²) < 4.78 is 25.3. The molecule has 8 nitrogen and oxygen atoms in total. The van der Waals surface area contributed by atoms with Crippen LogP contribution in [0.1, 0.15) is 59.1 Å². The molecule has 0 saturated carbocycles. The normalized spacial score (nSPS) is 18.1. The number of anilines is 1. The maximum absolute atomic E-state index is 15.0. The molecular formula is C26H26FN3O5. The molecule has 3 aromatic rings. The molecule has 0 saturated heterocycles. The fourth-order valence-electron chi connectivity index (χ4n) is 5.24. The molecule has 0 unspecified atom stereocenters. The Balaban J connectivity index is 1.51. The van der Waals surface area contributed by atoms with Crippen LogP contribution >= 0.6 is 0 Å². The van der Waals surface area contributed by atoms with Gasteiger partial charge in [-0.2, -0.15) is 5.16 Å². The quantitative estimate of drug-likeness (QED) is 0.594. The summed E-state index contributed by atoms with van der Waals surface area (Å²) in [6, 6.07) is 8.49. The van der Waals surface area contributed by atoms with Gasteiger partial charge in [-0.15, -0.1) is 0 Å². The summed E-state index contributed by atoms with van der Waals surface area (Å²) in [6.07, 6.45) is 2.05. The Morgan fingerprint density at radius 3 is 2.69 bits per heavy atom. The van der Waals surface area contributed by atoms with Gasteiger partial charge < -0.3 is 19.5 Å². The van der Waals surface area contributed by atoms with Crippen LogP contribution in [0, 0.1) is 5.82 Å². The molecule has 5 rings (SSSR count). The Hall–Kier alpha value is -3.88. The van der Waals surface area contributed by atoms with Gasteiger partial charge in [0.1, 0.15) is 17.6 Å². The highest BCUT2D eigenvalue weighted by Crippen LogP contribution is 2.41. The number of carbonyl (C=O) groups is 2. The van der Waals surface area contributed by atoms with Crippen molar-refractivity contribution in [2.45, 2.75) is 44.6 Å². The highest BCUT2D eigenvalue weighted by Gasteiger charge is 2.38. The highest BCUT2D eigenvalue weighted by molar-refractivity contribution is 6.01. The Kier molecular flexibility index (Phi) is 5.50. The zero-order chi connectivity index (χ0) is 24.9. The second kappa shape index (κ2) is 8.41. The Bertz CT molecular complexity index is 1390. The van der Waals surface area contributed by atoms with Gasteiger partial charge in [-0.25, -0.2) is 4.39 Å². The number of nitrogens with zero attached hydrogens (tertiary/aromatic N) is 1. The number of nitrogens with one attached hydrogen (secondary N) is 2. The number of rotatable bonds is 4. The number of hydrogen-bond acceptors (Lipinski definition) is 5. The Labute approximate surface area is 201 Å². The fraction of sp³-hybridized carbons (Fsp3) is 0.346. The lowest BCUT2D eigenvalue weighted by molar-refractivity contribution is -0.121. The third kappa shape index (κ3) is 4.00. The average Bonchev–Trinajstić information content (AvgIpc) is 3.39. The van der Waals surface area contributed by atoms with Gasteiger partial charge in [0.2, 0.25) is 5.76 Å². The summed E-state index contributed by atoms with van der Waals surface area (Å²) in [5.74, 6) is -0.972. The van der Waals surface area contributed by atoms with Gasteiger partial charge in [0.25, 0.3) is 17.4 Å². The number of H-pyrrole nitrogens is 1. The molecule has 0 radical (unpaired) electrons. The van der Waals surface area contributed by atoms with Gasteiger partial charge >= 0.3 is 0 Å². The van der Waals surface area contributed by atoms with Crippen LogP contribution in [0.5, 0.6) is 5.75 Å². The van der Waals surface area contributed by atoms with Gasteiger partial charge in [0.05, 0.1) is 13.2 Å². The minimum Gasteiger partial charge on any atom is -0.497 e. The van der Waals surface area contributed by atoms with Crippen LogP contribution < -0.4 is 15.6 Å². The number of amides is 2. The molecule has 0 spiro atoms. The van der Waals surface area contributed by atoms with Crippen molar-refractivity contribution >= 4 is 17.5 Å². The second-order valence-electron chi connectivity index (χ2n) is 9.66. The number of halogens is 1. The van der Waals surface area contributed by atoms with Gasteiger partial charge in [-0.1, -0.05) is 19.9 Å². The van der Waals surface area contributed by atoms with Gasteiger partial charge in [0.15, 0.2) is 0 Å². The van der Waals surface area contributed by atoms with E-state index in [-0.39, 0.29) is 23.5 Å². The van der Waals surface area contributed by atoms with Gasteiger partial charge in [-0.05, 0) is 71.2 Å². The number of ether oxygens (including phenoxy) is 1. The van der Waals surface area contributed by atoms with Crippen molar-refractivity contribution < 1.29 is 23.2 Å². The first kappa shape index (κ1) is 22.9. The average molecular weight is 480 g/mol. The largest absolute Gasteiger partial charge is 0.497 e. The number of fused-ring (bicyclic) bond motifs is 2. The van der Waals surface area contributed by atoms with E-state index in [4.69, 9.17) is 9.26 Å². The molecule has 2 N–H and O–H groups in total. The topological polar surface area (TPSA) is 105 Å². The van der Waals surface area contributed by atoms with Crippen LogP contribution in [0.3, 0.4) is 0 Å². The summed E-state index contributed by atoms with van der Waals surface area (Å²) >= 11 is 0. The smallest absolute Gasteiger partial charge is 0.293 e. The van der Waals surface area contributed by atoms with E-state index in [0.717, 1.165) is 30.0 Å². The second-order valence-corrected chi connectivity index (χ2v) is 9.66. The van der Waals surface area contributed by atoms with E-state index in [9.17, 15) is 14.4 Å². The summed E-state index contributed by atoms with van der Waals surface area (Å²) in [7, 11) is 1.56. The van der Waals surface area contributed by atoms with Crippen LogP contribution in [-0.2, 0) is 23.1 Å². The van der Waals surface area contributed by atoms with Crippen LogP contribution in [-0.4, -0.2) is 35.5 Å². The molecule has 0 fully saturated rings. The van der Waals surface area contributed by atoms with E-state index >= 15 is 4.39 Å². The first-order valence-electron chi connectivity index (χ1n) is 11.5. The summed E-state index contributed by atoms with van der Waals surface area (Å²) in [4.78, 5) is 39.7. The zero-order valence-electron chi connectivity index (χ0n) is 19.7. The number of carbonyl (C=O) groups excluding carboxylic acids is 2. The fourth-order valence-corrected chi connectivity index (χ4v) is 5.24. The van der Waals surface area contributed by atoms with Crippen molar-refractivity contribution in [1.29, 1.82) is 0 Å². The van der Waals surface area contributed by atoms with E-state index < -0.39 is 23.4 Å². The van der Waals surface area contributed by atoms with Gasteiger partial charge in [-0.3, -0.25) is 14.4 Å². The van der Waals surface area contributed by atoms with Crippen LogP contribution in [0.15, 0.2) is 45.7 Å². The molecule has 1 aliphatic heterocycles. The Morgan fingerprint density at radius 2 is 1.97 bits per heavy atom. The highest BCUT2D eigenvalue weighted by atomic mass is 19.1. The molecule has 2 heterocycles. The third-order valence-corrected chi connectivity index (χ3v) is 6.96. The molecular weight excluding hydrogens is 453 g/mol. The van der Waals surface area contributed by atoms with Crippen molar-refractivity contribution in [3.8, 4) is 5.75 Å². The molecule has 2 aliphatic rings. The van der Waals surface area contributed by atoms with Crippen molar-refractivity contribution in [3.05, 3.63) is 80.6 Å². The number of aryl methyl sites for hydroxylation is 1. The monoisotopic (exact) mass is 479 g/mol. The minimum atomic E-state index is -1.01. The van der Waals surface area contributed by atoms with E-state index in [1.807, 2.05) is 19.9 Å². The summed E-state index contributed by atoms with van der Waals surface area (Å²) in [5, 5.41) is 4.92. The maximum atomic E-state index is 15.0. The molecule has 1 atom stereocenters. The molecule has 2 amide bonds. The van der Waals surface area contributed by atoms with Crippen molar-refractivity contribution in [2.24, 2.45) is 0 Å². The van der Waals surface area contributed by atoms with Crippen LogP contribution in [0.2, 0.25) is 0 Å². The molecule has 1 aliphatic carbocycles. The van der Waals surface area contributed by atoms with Crippen molar-refractivity contribution in [3.63, 3.8) is 0 Å². The number of methoxy groups -OCH3 is 1. The van der Waals surface area contributed by atoms with Crippen molar-refractivity contribution in [1.82, 2.24) is 10.1 Å². The molecule has 9 heteroatoms. The number of aromatic nitrogens is 1. The number of benzene rings is 2. The van der Waals surface area contributed by atoms with E-state index in [2.05, 4.69) is 10.5 Å². The molecule has 1 aromatic heterocycles. The Morgan fingerprint density at radius 1 is 1.17 bits per heavy atom. The molecule has 35 heavy (non-hydrogen) atoms. The van der Waals surface area contributed by atoms with E-state index in [1.54, 1.807) is 25.3 Å². The number of hydrogen-bond donors (Lipinski definition) is 2. The standard InChI is InChI=1S/C26H26FN3O5/c1-26(2)8-6-15-10-16(12-19(27)22(15)26)28-24(32)23-18-5-4-17(34-3)11-14(18)7-9-30(23)25(33)20-13-21(31)29-35-20/h4-5,10-13,23H,6-9H2,1-3H3,(H,28,32)(H,29,31)/t23-/m1/s1. The minimum absolute atomic E-state index is 0.185. The van der Waals surface area contributed by atoms with Crippen molar-refractivity contribution in [2.75, 3.05) is 19.0 Å². The lowest BCUT2D eigenvalue weighted by Crippen LogP contribution is -2.45. The third-order valence-electron chi connectivity index (χ3n) is 6.96. The van der Waals surface area contributed by atoms with E-state index in [1.165, 1.54) is 11.0 Å². The molecule has 182 valence electrons. The lowest BCUT2D eigenvalue weighted by atomic mass is 9.86. The first-order chi connectivity index (χ1) is 16.7. The number of aromatic amines is 1. The first-order valence-corrected chi connectivity index (χ1v) is 11.5. The predicted molar refractivity (Wildman–Crippen MR) is 126 cm³/mol. The molecule has 2 aromatic carbocycles. The summed E-state index contributed by atoms with van der Waals surface area (Å²) in [6.45, 7) is 4.24. The SMILES string of the molecule is COc1ccc2c(c1)CCN(C(=O)c1cc(=O)[nH]o1)[C@H]2C(=O)Nc1cc(F)c2c(c1)CCC2(C)C.